The maximum atomic E-state index is 13.4. The SMILES string of the molecule is NC(=O)c1cc2c([nH]c1=O)CCC[C@H]2NC(=O)c1cc(F)ccc1Br. The van der Waals surface area contributed by atoms with E-state index in [1.165, 1.54) is 18.2 Å². The zero-order valence-corrected chi connectivity index (χ0v) is 14.7. The second kappa shape index (κ2) is 6.79. The second-order valence-electron chi connectivity index (χ2n) is 5.85. The van der Waals surface area contributed by atoms with Gasteiger partial charge in [-0.25, -0.2) is 4.39 Å². The number of hydrogen-bond donors (Lipinski definition) is 3. The number of H-pyrrole nitrogens is 1. The number of amides is 2. The molecular formula is C17H15BrFN3O3. The number of pyridine rings is 1. The predicted octanol–water partition coefficient (Wildman–Crippen LogP) is 2.18. The topological polar surface area (TPSA) is 105 Å². The fraction of sp³-hybridized carbons (Fsp3) is 0.235. The first kappa shape index (κ1) is 17.3. The van der Waals surface area contributed by atoms with E-state index in [-0.39, 0.29) is 11.1 Å². The molecule has 3 rings (SSSR count). The molecule has 6 nitrogen and oxygen atoms in total. The summed E-state index contributed by atoms with van der Waals surface area (Å²) in [5.74, 6) is -1.79. The lowest BCUT2D eigenvalue weighted by Crippen LogP contribution is -2.34. The summed E-state index contributed by atoms with van der Waals surface area (Å²) in [5.41, 5.74) is 6.04. The van der Waals surface area contributed by atoms with Crippen molar-refractivity contribution in [2.75, 3.05) is 0 Å². The third kappa shape index (κ3) is 3.48. The number of aromatic amines is 1. The Morgan fingerprint density at radius 1 is 1.28 bits per heavy atom. The number of carbonyl (C=O) groups excluding carboxylic acids is 2. The van der Waals surface area contributed by atoms with Gasteiger partial charge >= 0.3 is 0 Å². The lowest BCUT2D eigenvalue weighted by molar-refractivity contribution is 0.0931. The van der Waals surface area contributed by atoms with E-state index in [0.29, 0.717) is 28.6 Å². The first-order valence-corrected chi connectivity index (χ1v) is 8.48. The number of fused-ring (bicyclic) bond motifs is 1. The van der Waals surface area contributed by atoms with E-state index in [9.17, 15) is 18.8 Å². The van der Waals surface area contributed by atoms with Gasteiger partial charge < -0.3 is 16.0 Å². The summed E-state index contributed by atoms with van der Waals surface area (Å²) >= 11 is 3.23. The van der Waals surface area contributed by atoms with Crippen LogP contribution in [-0.4, -0.2) is 16.8 Å². The minimum absolute atomic E-state index is 0.146. The van der Waals surface area contributed by atoms with Crippen LogP contribution in [0.1, 0.15) is 50.9 Å². The van der Waals surface area contributed by atoms with Crippen molar-refractivity contribution in [3.05, 3.63) is 67.3 Å². The van der Waals surface area contributed by atoms with Gasteiger partial charge in [-0.05, 0) is 65.0 Å². The first-order valence-electron chi connectivity index (χ1n) is 7.68. The Bertz CT molecular complexity index is 926. The minimum Gasteiger partial charge on any atom is -0.365 e. The Kier molecular flexibility index (Phi) is 4.71. The molecule has 8 heteroatoms. The van der Waals surface area contributed by atoms with Crippen LogP contribution < -0.4 is 16.6 Å². The number of hydrogen-bond acceptors (Lipinski definition) is 3. The lowest BCUT2D eigenvalue weighted by atomic mass is 9.90. The highest BCUT2D eigenvalue weighted by atomic mass is 79.9. The summed E-state index contributed by atoms with van der Waals surface area (Å²) in [4.78, 5) is 38.5. The Balaban J connectivity index is 1.94. The third-order valence-electron chi connectivity index (χ3n) is 4.20. The van der Waals surface area contributed by atoms with Gasteiger partial charge in [0.05, 0.1) is 11.6 Å². The van der Waals surface area contributed by atoms with Gasteiger partial charge in [-0.2, -0.15) is 0 Å². The molecule has 0 spiro atoms. The van der Waals surface area contributed by atoms with Crippen molar-refractivity contribution in [3.63, 3.8) is 0 Å². The second-order valence-corrected chi connectivity index (χ2v) is 6.71. The van der Waals surface area contributed by atoms with Gasteiger partial charge in [-0.1, -0.05) is 0 Å². The quantitative estimate of drug-likeness (QED) is 0.725. The number of aromatic nitrogens is 1. The lowest BCUT2D eigenvalue weighted by Gasteiger charge is -2.26. The van der Waals surface area contributed by atoms with E-state index in [4.69, 9.17) is 5.73 Å². The summed E-state index contributed by atoms with van der Waals surface area (Å²) in [6.07, 6.45) is 2.03. The molecule has 0 unspecified atom stereocenters. The fourth-order valence-corrected chi connectivity index (χ4v) is 3.41. The van der Waals surface area contributed by atoms with E-state index < -0.39 is 29.2 Å². The van der Waals surface area contributed by atoms with Crippen molar-refractivity contribution in [3.8, 4) is 0 Å². The van der Waals surface area contributed by atoms with Crippen LogP contribution in [0.4, 0.5) is 4.39 Å². The molecular weight excluding hydrogens is 393 g/mol. The van der Waals surface area contributed by atoms with Crippen LogP contribution in [0, 0.1) is 5.82 Å². The molecule has 1 heterocycles. The summed E-state index contributed by atoms with van der Waals surface area (Å²) < 4.78 is 13.9. The third-order valence-corrected chi connectivity index (χ3v) is 4.89. The number of nitrogens with two attached hydrogens (primary N) is 1. The smallest absolute Gasteiger partial charge is 0.261 e. The predicted molar refractivity (Wildman–Crippen MR) is 92.8 cm³/mol. The van der Waals surface area contributed by atoms with Crippen molar-refractivity contribution in [1.29, 1.82) is 0 Å². The van der Waals surface area contributed by atoms with Crippen LogP contribution in [0.15, 0.2) is 33.5 Å². The highest BCUT2D eigenvalue weighted by molar-refractivity contribution is 9.10. The van der Waals surface area contributed by atoms with E-state index in [0.717, 1.165) is 12.5 Å². The van der Waals surface area contributed by atoms with Crippen LogP contribution in [0.5, 0.6) is 0 Å². The average molecular weight is 408 g/mol. The molecule has 1 atom stereocenters. The van der Waals surface area contributed by atoms with Gasteiger partial charge in [0, 0.05) is 10.2 Å². The number of rotatable bonds is 3. The normalized spacial score (nSPS) is 16.2. The number of primary amides is 1. The Morgan fingerprint density at radius 3 is 2.76 bits per heavy atom. The van der Waals surface area contributed by atoms with Gasteiger partial charge in [0.1, 0.15) is 11.4 Å². The summed E-state index contributed by atoms with van der Waals surface area (Å²) in [6, 6.07) is 4.88. The maximum Gasteiger partial charge on any atom is 0.261 e. The minimum atomic E-state index is -0.826. The van der Waals surface area contributed by atoms with E-state index in [1.54, 1.807) is 0 Å². The van der Waals surface area contributed by atoms with Crippen molar-refractivity contribution in [2.45, 2.75) is 25.3 Å². The van der Waals surface area contributed by atoms with Gasteiger partial charge in [-0.3, -0.25) is 14.4 Å². The largest absolute Gasteiger partial charge is 0.365 e. The monoisotopic (exact) mass is 407 g/mol. The Labute approximate surface area is 150 Å². The molecule has 25 heavy (non-hydrogen) atoms. The zero-order chi connectivity index (χ0) is 18.1. The molecule has 1 aliphatic rings. The maximum absolute atomic E-state index is 13.4. The van der Waals surface area contributed by atoms with E-state index >= 15 is 0 Å². The van der Waals surface area contributed by atoms with Crippen LogP contribution in [0.3, 0.4) is 0 Å². The first-order chi connectivity index (χ1) is 11.9. The van der Waals surface area contributed by atoms with Gasteiger partial charge in [-0.15, -0.1) is 0 Å². The van der Waals surface area contributed by atoms with Crippen molar-refractivity contribution in [2.24, 2.45) is 5.73 Å². The molecule has 1 aliphatic carbocycles. The highest BCUT2D eigenvalue weighted by Gasteiger charge is 2.25. The molecule has 0 saturated carbocycles. The molecule has 0 fully saturated rings. The van der Waals surface area contributed by atoms with Crippen LogP contribution in [0.2, 0.25) is 0 Å². The molecule has 1 aromatic heterocycles. The number of aryl methyl sites for hydroxylation is 1. The van der Waals surface area contributed by atoms with Crippen LogP contribution >= 0.6 is 15.9 Å². The molecule has 0 saturated heterocycles. The molecule has 0 bridgehead atoms. The molecule has 4 N–H and O–H groups in total. The summed E-state index contributed by atoms with van der Waals surface area (Å²) in [6.45, 7) is 0. The number of benzene rings is 1. The Morgan fingerprint density at radius 2 is 2.04 bits per heavy atom. The van der Waals surface area contributed by atoms with Crippen LogP contribution in [0.25, 0.3) is 0 Å². The van der Waals surface area contributed by atoms with Crippen molar-refractivity contribution >= 4 is 27.7 Å². The standard InChI is InChI=1S/C17H15BrFN3O3/c18-12-5-4-8(19)6-9(12)16(24)21-13-2-1-3-14-10(13)7-11(15(20)23)17(25)22-14/h4-7,13H,1-3H2,(H2,20,23)(H,21,24)(H,22,25)/t13-/m1/s1. The number of halogens is 2. The summed E-state index contributed by atoms with van der Waals surface area (Å²) in [5, 5.41) is 2.84. The van der Waals surface area contributed by atoms with E-state index in [2.05, 4.69) is 26.2 Å². The van der Waals surface area contributed by atoms with Crippen molar-refractivity contribution < 1.29 is 14.0 Å². The zero-order valence-electron chi connectivity index (χ0n) is 13.1. The molecule has 0 radical (unpaired) electrons. The molecule has 2 aromatic rings. The van der Waals surface area contributed by atoms with Gasteiger partial charge in [0.25, 0.3) is 17.4 Å². The van der Waals surface area contributed by atoms with E-state index in [1.807, 2.05) is 0 Å². The molecule has 1 aromatic carbocycles. The molecule has 0 aliphatic heterocycles. The highest BCUT2D eigenvalue weighted by Crippen LogP contribution is 2.29. The summed E-state index contributed by atoms with van der Waals surface area (Å²) in [7, 11) is 0. The average Bonchev–Trinajstić information content (AvgIpc) is 2.56. The number of carbonyl (C=O) groups is 2. The van der Waals surface area contributed by atoms with Crippen molar-refractivity contribution in [1.82, 2.24) is 10.3 Å². The Hall–Kier alpha value is -2.48. The number of nitrogens with one attached hydrogen (secondary N) is 2. The fourth-order valence-electron chi connectivity index (χ4n) is 2.98. The van der Waals surface area contributed by atoms with Gasteiger partial charge in [0.2, 0.25) is 0 Å². The van der Waals surface area contributed by atoms with Gasteiger partial charge in [0.15, 0.2) is 0 Å². The molecule has 130 valence electrons. The van der Waals surface area contributed by atoms with Crippen LogP contribution in [-0.2, 0) is 6.42 Å². The molecule has 2 amide bonds.